The summed E-state index contributed by atoms with van der Waals surface area (Å²) in [5.74, 6) is -1.44. The van der Waals surface area contributed by atoms with Crippen molar-refractivity contribution in [1.29, 1.82) is 0 Å². The van der Waals surface area contributed by atoms with E-state index in [1.807, 2.05) is 19.1 Å². The summed E-state index contributed by atoms with van der Waals surface area (Å²) in [6, 6.07) is 11.7. The predicted molar refractivity (Wildman–Crippen MR) is 93.8 cm³/mol. The maximum absolute atomic E-state index is 12.1. The summed E-state index contributed by atoms with van der Waals surface area (Å²) >= 11 is 11.7. The van der Waals surface area contributed by atoms with E-state index in [4.69, 9.17) is 23.2 Å². The molecule has 0 saturated carbocycles. The summed E-state index contributed by atoms with van der Waals surface area (Å²) in [5.41, 5.74) is 2.10. The summed E-state index contributed by atoms with van der Waals surface area (Å²) in [4.78, 5) is 11.9. The smallest absolute Gasteiger partial charge is 0.239 e. The zero-order valence-electron chi connectivity index (χ0n) is 12.3. The van der Waals surface area contributed by atoms with Crippen LogP contribution in [0.3, 0.4) is 0 Å². The standard InChI is InChI=1S/C16H15Cl2NO3S/c1-11-2-5-13(6-3-11)19-16(20)10-23(21,22)9-12-4-7-14(17)15(18)8-12/h2-8H,9-10H2,1H3,(H,19,20). The van der Waals surface area contributed by atoms with Crippen molar-refractivity contribution in [3.63, 3.8) is 0 Å². The van der Waals surface area contributed by atoms with Crippen molar-refractivity contribution in [3.05, 3.63) is 63.6 Å². The van der Waals surface area contributed by atoms with Gasteiger partial charge in [-0.2, -0.15) is 0 Å². The number of nitrogens with one attached hydrogen (secondary N) is 1. The van der Waals surface area contributed by atoms with Crippen LogP contribution in [0.25, 0.3) is 0 Å². The Labute approximate surface area is 145 Å². The van der Waals surface area contributed by atoms with E-state index in [0.29, 0.717) is 16.3 Å². The lowest BCUT2D eigenvalue weighted by atomic mass is 10.2. The first-order valence-electron chi connectivity index (χ1n) is 6.76. The van der Waals surface area contributed by atoms with E-state index in [2.05, 4.69) is 5.32 Å². The van der Waals surface area contributed by atoms with Crippen LogP contribution >= 0.6 is 23.2 Å². The van der Waals surface area contributed by atoms with Gasteiger partial charge in [-0.05, 0) is 36.8 Å². The zero-order chi connectivity index (χ0) is 17.0. The van der Waals surface area contributed by atoms with E-state index in [9.17, 15) is 13.2 Å². The number of carbonyl (C=O) groups is 1. The molecule has 0 aliphatic carbocycles. The third-order valence-electron chi connectivity index (χ3n) is 3.06. The fourth-order valence-electron chi connectivity index (χ4n) is 1.97. The van der Waals surface area contributed by atoms with Gasteiger partial charge in [0.1, 0.15) is 5.75 Å². The van der Waals surface area contributed by atoms with Gasteiger partial charge in [-0.15, -0.1) is 0 Å². The van der Waals surface area contributed by atoms with Crippen LogP contribution in [-0.2, 0) is 20.4 Å². The molecule has 0 heterocycles. The maximum Gasteiger partial charge on any atom is 0.239 e. The molecule has 0 saturated heterocycles. The number of halogens is 2. The van der Waals surface area contributed by atoms with Crippen LogP contribution in [-0.4, -0.2) is 20.1 Å². The lowest BCUT2D eigenvalue weighted by Crippen LogP contribution is -2.23. The molecule has 1 N–H and O–H groups in total. The van der Waals surface area contributed by atoms with Gasteiger partial charge in [-0.3, -0.25) is 4.79 Å². The Hall–Kier alpha value is -1.56. The fraction of sp³-hybridized carbons (Fsp3) is 0.188. The molecule has 2 aromatic carbocycles. The minimum absolute atomic E-state index is 0.273. The number of hydrogen-bond acceptors (Lipinski definition) is 3. The molecule has 0 unspecified atom stereocenters. The second kappa shape index (κ2) is 7.34. The van der Waals surface area contributed by atoms with Crippen molar-refractivity contribution in [3.8, 4) is 0 Å². The van der Waals surface area contributed by atoms with Crippen molar-refractivity contribution in [2.24, 2.45) is 0 Å². The molecule has 0 aliphatic rings. The average molecular weight is 372 g/mol. The Balaban J connectivity index is 2.01. The molecule has 0 fully saturated rings. The van der Waals surface area contributed by atoms with Crippen LogP contribution in [0.2, 0.25) is 10.0 Å². The Kier molecular flexibility index (Phi) is 5.68. The summed E-state index contributed by atoms with van der Waals surface area (Å²) in [6.45, 7) is 1.92. The van der Waals surface area contributed by atoms with Gasteiger partial charge in [-0.25, -0.2) is 8.42 Å². The molecule has 0 radical (unpaired) electrons. The number of aryl methyl sites for hydroxylation is 1. The number of rotatable bonds is 5. The lowest BCUT2D eigenvalue weighted by Gasteiger charge is -2.07. The molecular weight excluding hydrogens is 357 g/mol. The zero-order valence-corrected chi connectivity index (χ0v) is 14.7. The average Bonchev–Trinajstić information content (AvgIpc) is 2.44. The van der Waals surface area contributed by atoms with Gasteiger partial charge in [0, 0.05) is 5.69 Å². The summed E-state index contributed by atoms with van der Waals surface area (Å²) < 4.78 is 24.2. The van der Waals surface area contributed by atoms with E-state index in [1.54, 1.807) is 18.2 Å². The molecule has 0 bridgehead atoms. The van der Waals surface area contributed by atoms with Crippen LogP contribution < -0.4 is 5.32 Å². The fourth-order valence-corrected chi connectivity index (χ4v) is 3.55. The SMILES string of the molecule is Cc1ccc(NC(=O)CS(=O)(=O)Cc2ccc(Cl)c(Cl)c2)cc1. The Bertz CT molecular complexity index is 818. The third-order valence-corrected chi connectivity index (χ3v) is 5.27. The molecule has 2 aromatic rings. The van der Waals surface area contributed by atoms with Crippen molar-refractivity contribution in [2.75, 3.05) is 11.1 Å². The van der Waals surface area contributed by atoms with E-state index in [-0.39, 0.29) is 10.8 Å². The Morgan fingerprint density at radius 3 is 2.30 bits per heavy atom. The first-order valence-corrected chi connectivity index (χ1v) is 9.34. The summed E-state index contributed by atoms with van der Waals surface area (Å²) in [6.07, 6.45) is 0. The molecule has 0 spiro atoms. The highest BCUT2D eigenvalue weighted by atomic mass is 35.5. The topological polar surface area (TPSA) is 63.2 Å². The molecular formula is C16H15Cl2NO3S. The summed E-state index contributed by atoms with van der Waals surface area (Å²) in [5, 5.41) is 3.20. The number of hydrogen-bond donors (Lipinski definition) is 1. The number of amides is 1. The largest absolute Gasteiger partial charge is 0.325 e. The predicted octanol–water partition coefficient (Wildman–Crippen LogP) is 3.86. The minimum Gasteiger partial charge on any atom is -0.325 e. The van der Waals surface area contributed by atoms with Crippen molar-refractivity contribution < 1.29 is 13.2 Å². The normalized spacial score (nSPS) is 11.3. The maximum atomic E-state index is 12.1. The van der Waals surface area contributed by atoms with Gasteiger partial charge in [0.2, 0.25) is 5.91 Å². The van der Waals surface area contributed by atoms with E-state index in [1.165, 1.54) is 12.1 Å². The van der Waals surface area contributed by atoms with Crippen molar-refractivity contribution in [2.45, 2.75) is 12.7 Å². The molecule has 1 amide bonds. The number of anilines is 1. The molecule has 0 atom stereocenters. The van der Waals surface area contributed by atoms with Crippen LogP contribution in [0, 0.1) is 6.92 Å². The van der Waals surface area contributed by atoms with Gasteiger partial charge >= 0.3 is 0 Å². The van der Waals surface area contributed by atoms with Crippen LogP contribution in [0.4, 0.5) is 5.69 Å². The Morgan fingerprint density at radius 1 is 1.04 bits per heavy atom. The van der Waals surface area contributed by atoms with Gasteiger partial charge in [-0.1, -0.05) is 47.0 Å². The van der Waals surface area contributed by atoms with Gasteiger partial charge in [0.15, 0.2) is 9.84 Å². The lowest BCUT2D eigenvalue weighted by molar-refractivity contribution is -0.113. The van der Waals surface area contributed by atoms with E-state index >= 15 is 0 Å². The van der Waals surface area contributed by atoms with E-state index < -0.39 is 21.5 Å². The quantitative estimate of drug-likeness (QED) is 0.867. The highest BCUT2D eigenvalue weighted by Gasteiger charge is 2.18. The Morgan fingerprint density at radius 2 is 1.70 bits per heavy atom. The monoisotopic (exact) mass is 371 g/mol. The first kappa shape index (κ1) is 17.8. The van der Waals surface area contributed by atoms with Gasteiger partial charge < -0.3 is 5.32 Å². The van der Waals surface area contributed by atoms with Crippen LogP contribution in [0.5, 0.6) is 0 Å². The molecule has 2 rings (SSSR count). The highest BCUT2D eigenvalue weighted by Crippen LogP contribution is 2.23. The third kappa shape index (κ3) is 5.53. The van der Waals surface area contributed by atoms with Crippen molar-refractivity contribution >= 4 is 44.6 Å². The number of sulfone groups is 1. The second-order valence-electron chi connectivity index (χ2n) is 5.19. The molecule has 0 aliphatic heterocycles. The van der Waals surface area contributed by atoms with Crippen LogP contribution in [0.15, 0.2) is 42.5 Å². The van der Waals surface area contributed by atoms with Gasteiger partial charge in [0.05, 0.1) is 15.8 Å². The number of carbonyl (C=O) groups excluding carboxylic acids is 1. The van der Waals surface area contributed by atoms with E-state index in [0.717, 1.165) is 5.56 Å². The van der Waals surface area contributed by atoms with Gasteiger partial charge in [0.25, 0.3) is 0 Å². The number of benzene rings is 2. The first-order chi connectivity index (χ1) is 10.7. The van der Waals surface area contributed by atoms with Crippen LogP contribution in [0.1, 0.15) is 11.1 Å². The minimum atomic E-state index is -3.61. The van der Waals surface area contributed by atoms with Crippen molar-refractivity contribution in [1.82, 2.24) is 0 Å². The molecule has 122 valence electrons. The molecule has 23 heavy (non-hydrogen) atoms. The second-order valence-corrected chi connectivity index (χ2v) is 8.07. The summed E-state index contributed by atoms with van der Waals surface area (Å²) in [7, 11) is -3.61. The molecule has 7 heteroatoms. The molecule has 0 aromatic heterocycles. The highest BCUT2D eigenvalue weighted by molar-refractivity contribution is 7.91. The molecule has 4 nitrogen and oxygen atoms in total.